The van der Waals surface area contributed by atoms with Crippen LogP contribution >= 0.6 is 11.6 Å². The van der Waals surface area contributed by atoms with Crippen molar-refractivity contribution in [1.82, 2.24) is 5.32 Å². The van der Waals surface area contributed by atoms with Gasteiger partial charge in [0.15, 0.2) is 0 Å². The molecule has 20 heavy (non-hydrogen) atoms. The number of halogens is 1. The maximum absolute atomic E-state index is 5.94. The summed E-state index contributed by atoms with van der Waals surface area (Å²) in [6.07, 6.45) is 0.996. The van der Waals surface area contributed by atoms with Crippen LogP contribution in [0.2, 0.25) is 0 Å². The first-order valence-electron chi connectivity index (χ1n) is 7.28. The lowest BCUT2D eigenvalue weighted by Crippen LogP contribution is -2.40. The van der Waals surface area contributed by atoms with E-state index in [1.54, 1.807) is 0 Å². The lowest BCUT2D eigenvalue weighted by molar-refractivity contribution is 0.261. The molecule has 1 N–H and O–H groups in total. The van der Waals surface area contributed by atoms with Crippen LogP contribution in [0.25, 0.3) is 10.8 Å². The van der Waals surface area contributed by atoms with Gasteiger partial charge in [0.1, 0.15) is 0 Å². The summed E-state index contributed by atoms with van der Waals surface area (Å²) in [6.45, 7) is 7.68. The third-order valence-electron chi connectivity index (χ3n) is 3.86. The van der Waals surface area contributed by atoms with E-state index < -0.39 is 0 Å². The summed E-state index contributed by atoms with van der Waals surface area (Å²) in [5.74, 6) is 0.699. The van der Waals surface area contributed by atoms with E-state index in [0.717, 1.165) is 13.0 Å². The molecule has 0 saturated heterocycles. The molecule has 0 heterocycles. The van der Waals surface area contributed by atoms with Crippen LogP contribution in [-0.2, 0) is 6.54 Å². The first-order valence-corrected chi connectivity index (χ1v) is 7.82. The van der Waals surface area contributed by atoms with Gasteiger partial charge in [-0.15, -0.1) is 11.6 Å². The van der Waals surface area contributed by atoms with Gasteiger partial charge in [-0.05, 0) is 28.2 Å². The van der Waals surface area contributed by atoms with Crippen molar-refractivity contribution >= 4 is 22.4 Å². The molecular weight excluding hydrogens is 266 g/mol. The zero-order valence-electron chi connectivity index (χ0n) is 12.6. The number of benzene rings is 2. The molecule has 2 heteroatoms. The van der Waals surface area contributed by atoms with Crippen LogP contribution in [0.15, 0.2) is 42.5 Å². The van der Waals surface area contributed by atoms with E-state index in [-0.39, 0.29) is 5.41 Å². The van der Waals surface area contributed by atoms with Crippen LogP contribution in [0.5, 0.6) is 0 Å². The normalized spacial score (nSPS) is 13.6. The maximum atomic E-state index is 5.94. The molecule has 0 aliphatic carbocycles. The van der Waals surface area contributed by atoms with E-state index in [9.17, 15) is 0 Å². The molecule has 0 aromatic heterocycles. The van der Waals surface area contributed by atoms with Crippen molar-refractivity contribution in [2.24, 2.45) is 5.41 Å². The molecule has 1 unspecified atom stereocenters. The minimum atomic E-state index is 0.222. The summed E-state index contributed by atoms with van der Waals surface area (Å²) in [5, 5.41) is 6.32. The Labute approximate surface area is 127 Å². The third-order valence-corrected chi connectivity index (χ3v) is 4.08. The van der Waals surface area contributed by atoms with Gasteiger partial charge >= 0.3 is 0 Å². The predicted octanol–water partition coefficient (Wildman–Crippen LogP) is 4.97. The van der Waals surface area contributed by atoms with Gasteiger partial charge in [0, 0.05) is 18.5 Å². The van der Waals surface area contributed by atoms with Crippen molar-refractivity contribution in [2.75, 3.05) is 5.88 Å². The van der Waals surface area contributed by atoms with Crippen LogP contribution < -0.4 is 5.32 Å². The molecule has 0 saturated carbocycles. The quantitative estimate of drug-likeness (QED) is 0.766. The van der Waals surface area contributed by atoms with E-state index in [0.29, 0.717) is 11.9 Å². The summed E-state index contributed by atoms with van der Waals surface area (Å²) in [7, 11) is 0. The Bertz CT molecular complexity index is 551. The molecule has 2 aromatic carbocycles. The second-order valence-electron chi connectivity index (χ2n) is 6.42. The number of hydrogen-bond acceptors (Lipinski definition) is 1. The van der Waals surface area contributed by atoms with Gasteiger partial charge in [-0.2, -0.15) is 0 Å². The van der Waals surface area contributed by atoms with Crippen LogP contribution in [0.1, 0.15) is 32.8 Å². The van der Waals surface area contributed by atoms with Crippen LogP contribution in [-0.4, -0.2) is 11.9 Å². The molecular formula is C18H24ClN. The van der Waals surface area contributed by atoms with E-state index in [1.807, 2.05) is 0 Å². The molecule has 1 atom stereocenters. The zero-order chi connectivity index (χ0) is 14.6. The lowest BCUT2D eigenvalue weighted by atomic mass is 9.85. The van der Waals surface area contributed by atoms with Crippen molar-refractivity contribution in [3.8, 4) is 0 Å². The van der Waals surface area contributed by atoms with Gasteiger partial charge in [-0.1, -0.05) is 63.2 Å². The Morgan fingerprint density at radius 3 is 2.45 bits per heavy atom. The van der Waals surface area contributed by atoms with Crippen molar-refractivity contribution in [3.05, 3.63) is 48.0 Å². The summed E-state index contributed by atoms with van der Waals surface area (Å²) in [4.78, 5) is 0. The van der Waals surface area contributed by atoms with Crippen LogP contribution in [0, 0.1) is 5.41 Å². The van der Waals surface area contributed by atoms with E-state index in [4.69, 9.17) is 11.6 Å². The molecule has 108 valence electrons. The minimum Gasteiger partial charge on any atom is -0.309 e. The first kappa shape index (κ1) is 15.3. The van der Waals surface area contributed by atoms with Gasteiger partial charge < -0.3 is 5.32 Å². The molecule has 0 spiro atoms. The van der Waals surface area contributed by atoms with E-state index >= 15 is 0 Å². The van der Waals surface area contributed by atoms with Crippen molar-refractivity contribution in [2.45, 2.75) is 39.8 Å². The fourth-order valence-corrected chi connectivity index (χ4v) is 2.85. The standard InChI is InChI=1S/C18H24ClN/c1-18(2,3)17(11-12-19)20-13-15-9-6-8-14-7-4-5-10-16(14)15/h4-10,17,20H,11-13H2,1-3H3. The lowest BCUT2D eigenvalue weighted by Gasteiger charge is -2.31. The second-order valence-corrected chi connectivity index (χ2v) is 6.79. The highest BCUT2D eigenvalue weighted by Gasteiger charge is 2.23. The molecule has 0 bridgehead atoms. The molecule has 0 radical (unpaired) electrons. The topological polar surface area (TPSA) is 12.0 Å². The van der Waals surface area contributed by atoms with Gasteiger partial charge in [0.25, 0.3) is 0 Å². The minimum absolute atomic E-state index is 0.222. The number of fused-ring (bicyclic) bond motifs is 1. The number of nitrogens with one attached hydrogen (secondary N) is 1. The Hall–Kier alpha value is -1.05. The molecule has 1 nitrogen and oxygen atoms in total. The number of hydrogen-bond donors (Lipinski definition) is 1. The van der Waals surface area contributed by atoms with Crippen molar-refractivity contribution < 1.29 is 0 Å². The SMILES string of the molecule is CC(C)(C)C(CCCl)NCc1cccc2ccccc12. The Balaban J connectivity index is 2.16. The first-order chi connectivity index (χ1) is 9.52. The largest absolute Gasteiger partial charge is 0.309 e. The predicted molar refractivity (Wildman–Crippen MR) is 89.4 cm³/mol. The molecule has 0 fully saturated rings. The fourth-order valence-electron chi connectivity index (χ4n) is 2.63. The summed E-state index contributed by atoms with van der Waals surface area (Å²) in [5.41, 5.74) is 1.58. The molecule has 2 aromatic rings. The van der Waals surface area contributed by atoms with Gasteiger partial charge in [-0.3, -0.25) is 0 Å². The smallest absolute Gasteiger partial charge is 0.0238 e. The summed E-state index contributed by atoms with van der Waals surface area (Å²) < 4.78 is 0. The average Bonchev–Trinajstić information content (AvgIpc) is 2.42. The number of rotatable bonds is 5. The highest BCUT2D eigenvalue weighted by atomic mass is 35.5. The monoisotopic (exact) mass is 289 g/mol. The fraction of sp³-hybridized carbons (Fsp3) is 0.444. The van der Waals surface area contributed by atoms with Gasteiger partial charge in [-0.25, -0.2) is 0 Å². The van der Waals surface area contributed by atoms with Crippen LogP contribution in [0.3, 0.4) is 0 Å². The molecule has 2 rings (SSSR count). The Morgan fingerprint density at radius 2 is 1.75 bits per heavy atom. The number of alkyl halides is 1. The average molecular weight is 290 g/mol. The third kappa shape index (κ3) is 3.74. The summed E-state index contributed by atoms with van der Waals surface area (Å²) in [6, 6.07) is 15.5. The highest BCUT2D eigenvalue weighted by Crippen LogP contribution is 2.24. The van der Waals surface area contributed by atoms with E-state index in [1.165, 1.54) is 16.3 Å². The zero-order valence-corrected chi connectivity index (χ0v) is 13.4. The van der Waals surface area contributed by atoms with Crippen molar-refractivity contribution in [3.63, 3.8) is 0 Å². The highest BCUT2D eigenvalue weighted by molar-refractivity contribution is 6.17. The van der Waals surface area contributed by atoms with Gasteiger partial charge in [0.2, 0.25) is 0 Å². The summed E-state index contributed by atoms with van der Waals surface area (Å²) >= 11 is 5.94. The Kier molecular flexibility index (Phi) is 5.06. The van der Waals surface area contributed by atoms with Gasteiger partial charge in [0.05, 0.1) is 0 Å². The molecule has 0 amide bonds. The van der Waals surface area contributed by atoms with Crippen LogP contribution in [0.4, 0.5) is 0 Å². The maximum Gasteiger partial charge on any atom is 0.0238 e. The molecule has 0 aliphatic heterocycles. The van der Waals surface area contributed by atoms with Crippen molar-refractivity contribution in [1.29, 1.82) is 0 Å². The second kappa shape index (κ2) is 6.60. The van der Waals surface area contributed by atoms with E-state index in [2.05, 4.69) is 68.6 Å². The molecule has 0 aliphatic rings. The Morgan fingerprint density at radius 1 is 1.05 bits per heavy atom.